The SMILES string of the molecule is CCC1[C@@H](CC)O[C@@H](n2ccc(=O)[nH]c2=O)[C@H]1O. The molecule has 1 fully saturated rings. The van der Waals surface area contributed by atoms with E-state index in [1.165, 1.54) is 16.8 Å². The Morgan fingerprint density at radius 3 is 2.61 bits per heavy atom. The van der Waals surface area contributed by atoms with Crippen molar-refractivity contribution in [2.45, 2.75) is 45.1 Å². The summed E-state index contributed by atoms with van der Waals surface area (Å²) in [6.07, 6.45) is 1.42. The maximum absolute atomic E-state index is 11.7. The van der Waals surface area contributed by atoms with Crippen LogP contribution in [0.2, 0.25) is 0 Å². The third-order valence-corrected chi connectivity index (χ3v) is 3.52. The minimum atomic E-state index is -0.733. The minimum Gasteiger partial charge on any atom is -0.388 e. The zero-order chi connectivity index (χ0) is 13.3. The van der Waals surface area contributed by atoms with Gasteiger partial charge in [0.15, 0.2) is 6.23 Å². The quantitative estimate of drug-likeness (QED) is 0.808. The van der Waals surface area contributed by atoms with Crippen molar-refractivity contribution in [3.63, 3.8) is 0 Å². The van der Waals surface area contributed by atoms with Crippen molar-refractivity contribution in [1.82, 2.24) is 9.55 Å². The molecule has 0 saturated carbocycles. The van der Waals surface area contributed by atoms with Crippen molar-refractivity contribution < 1.29 is 9.84 Å². The number of rotatable bonds is 3. The fraction of sp³-hybridized carbons (Fsp3) is 0.667. The lowest BCUT2D eigenvalue weighted by Gasteiger charge is -2.18. The van der Waals surface area contributed by atoms with Crippen LogP contribution in [0, 0.1) is 5.92 Å². The molecule has 1 aromatic rings. The summed E-state index contributed by atoms with van der Waals surface area (Å²) in [6.45, 7) is 3.97. The standard InChI is InChI=1S/C12H18N2O4/c1-3-7-8(4-2)18-11(10(7)16)14-6-5-9(15)13-12(14)17/h5-8,10-11,16H,3-4H2,1-2H3,(H,13,15,17)/t7?,8-,10+,11-/m1/s1. The summed E-state index contributed by atoms with van der Waals surface area (Å²) in [6, 6.07) is 1.25. The van der Waals surface area contributed by atoms with Gasteiger partial charge in [0.1, 0.15) is 6.10 Å². The fourth-order valence-corrected chi connectivity index (χ4v) is 2.55. The average molecular weight is 254 g/mol. The number of aliphatic hydroxyl groups is 1. The van der Waals surface area contributed by atoms with E-state index in [9.17, 15) is 14.7 Å². The number of ether oxygens (including phenoxy) is 1. The number of nitrogens with zero attached hydrogens (tertiary/aromatic N) is 1. The van der Waals surface area contributed by atoms with E-state index in [0.29, 0.717) is 0 Å². The Bertz CT molecular complexity index is 521. The van der Waals surface area contributed by atoms with Crippen molar-refractivity contribution in [2.24, 2.45) is 5.92 Å². The maximum atomic E-state index is 11.7. The lowest BCUT2D eigenvalue weighted by molar-refractivity contribution is -0.0404. The maximum Gasteiger partial charge on any atom is 0.330 e. The van der Waals surface area contributed by atoms with E-state index in [2.05, 4.69) is 4.98 Å². The summed E-state index contributed by atoms with van der Waals surface area (Å²) in [5.41, 5.74) is -1.01. The van der Waals surface area contributed by atoms with Gasteiger partial charge in [-0.2, -0.15) is 0 Å². The lowest BCUT2D eigenvalue weighted by Crippen LogP contribution is -2.36. The van der Waals surface area contributed by atoms with Crippen LogP contribution in [0.4, 0.5) is 0 Å². The normalized spacial score (nSPS) is 31.7. The molecule has 0 aromatic carbocycles. The number of aliphatic hydroxyl groups excluding tert-OH is 1. The molecule has 2 heterocycles. The molecule has 6 nitrogen and oxygen atoms in total. The van der Waals surface area contributed by atoms with E-state index in [0.717, 1.165) is 12.8 Å². The Morgan fingerprint density at radius 2 is 2.11 bits per heavy atom. The van der Waals surface area contributed by atoms with Gasteiger partial charge in [0.05, 0.1) is 6.10 Å². The van der Waals surface area contributed by atoms with Crippen LogP contribution >= 0.6 is 0 Å². The molecule has 1 aromatic heterocycles. The van der Waals surface area contributed by atoms with Gasteiger partial charge in [0.25, 0.3) is 5.56 Å². The van der Waals surface area contributed by atoms with Crippen LogP contribution in [0.1, 0.15) is 32.9 Å². The minimum absolute atomic E-state index is 0.0128. The Morgan fingerprint density at radius 1 is 1.39 bits per heavy atom. The van der Waals surface area contributed by atoms with E-state index in [1.807, 2.05) is 13.8 Å². The second-order valence-corrected chi connectivity index (χ2v) is 4.55. The number of aromatic nitrogens is 2. The Hall–Kier alpha value is -1.40. The van der Waals surface area contributed by atoms with Crippen LogP contribution < -0.4 is 11.2 Å². The number of hydrogen-bond donors (Lipinski definition) is 2. The molecule has 2 N–H and O–H groups in total. The van der Waals surface area contributed by atoms with Crippen molar-refractivity contribution in [3.8, 4) is 0 Å². The first-order valence-corrected chi connectivity index (χ1v) is 6.23. The lowest BCUT2D eigenvalue weighted by atomic mass is 9.94. The average Bonchev–Trinajstić information content (AvgIpc) is 2.66. The summed E-state index contributed by atoms with van der Waals surface area (Å²) in [7, 11) is 0. The van der Waals surface area contributed by atoms with Gasteiger partial charge in [0.2, 0.25) is 0 Å². The Labute approximate surface area is 104 Å². The smallest absolute Gasteiger partial charge is 0.330 e. The molecule has 4 atom stereocenters. The molecule has 1 aliphatic heterocycles. The van der Waals surface area contributed by atoms with Crippen LogP contribution in [0.5, 0.6) is 0 Å². The third kappa shape index (κ3) is 2.13. The van der Waals surface area contributed by atoms with Gasteiger partial charge >= 0.3 is 5.69 Å². The molecule has 100 valence electrons. The van der Waals surface area contributed by atoms with Gasteiger partial charge < -0.3 is 9.84 Å². The van der Waals surface area contributed by atoms with E-state index in [-0.39, 0.29) is 12.0 Å². The van der Waals surface area contributed by atoms with Gasteiger partial charge in [-0.15, -0.1) is 0 Å². The Balaban J connectivity index is 2.34. The van der Waals surface area contributed by atoms with Crippen LogP contribution in [0.15, 0.2) is 21.9 Å². The molecule has 2 rings (SSSR count). The summed E-state index contributed by atoms with van der Waals surface area (Å²) in [5, 5.41) is 10.2. The first-order chi connectivity index (χ1) is 8.58. The van der Waals surface area contributed by atoms with Gasteiger partial charge in [-0.1, -0.05) is 13.8 Å². The molecular weight excluding hydrogens is 236 g/mol. The zero-order valence-corrected chi connectivity index (χ0v) is 10.5. The molecule has 1 aliphatic rings. The number of nitrogens with one attached hydrogen (secondary N) is 1. The predicted molar refractivity (Wildman–Crippen MR) is 65.3 cm³/mol. The van der Waals surface area contributed by atoms with Crippen LogP contribution in [-0.2, 0) is 4.74 Å². The van der Waals surface area contributed by atoms with Gasteiger partial charge in [-0.25, -0.2) is 4.79 Å². The third-order valence-electron chi connectivity index (χ3n) is 3.52. The summed E-state index contributed by atoms with van der Waals surface area (Å²) in [5.74, 6) is 0.0128. The van der Waals surface area contributed by atoms with Crippen molar-refractivity contribution in [1.29, 1.82) is 0 Å². The second kappa shape index (κ2) is 5.07. The molecule has 6 heteroatoms. The van der Waals surface area contributed by atoms with Gasteiger partial charge in [-0.05, 0) is 12.8 Å². The first kappa shape index (κ1) is 13.0. The van der Waals surface area contributed by atoms with Crippen molar-refractivity contribution >= 4 is 0 Å². The highest BCUT2D eigenvalue weighted by molar-refractivity contribution is 4.92. The molecule has 0 spiro atoms. The van der Waals surface area contributed by atoms with Crippen LogP contribution in [-0.4, -0.2) is 26.9 Å². The highest BCUT2D eigenvalue weighted by Crippen LogP contribution is 2.36. The molecule has 18 heavy (non-hydrogen) atoms. The number of aromatic amines is 1. The van der Waals surface area contributed by atoms with Gasteiger partial charge in [-0.3, -0.25) is 14.3 Å². The monoisotopic (exact) mass is 254 g/mol. The van der Waals surface area contributed by atoms with E-state index in [4.69, 9.17) is 4.74 Å². The predicted octanol–water partition coefficient (Wildman–Crippen LogP) is 0.231. The van der Waals surface area contributed by atoms with Crippen molar-refractivity contribution in [2.75, 3.05) is 0 Å². The summed E-state index contributed by atoms with van der Waals surface area (Å²) in [4.78, 5) is 24.8. The number of hydrogen-bond acceptors (Lipinski definition) is 4. The topological polar surface area (TPSA) is 84.3 Å². The number of H-pyrrole nitrogens is 1. The molecule has 0 amide bonds. The highest BCUT2D eigenvalue weighted by atomic mass is 16.5. The summed E-state index contributed by atoms with van der Waals surface area (Å²) >= 11 is 0. The molecule has 0 bridgehead atoms. The molecule has 1 saturated heterocycles. The molecule has 1 unspecified atom stereocenters. The first-order valence-electron chi connectivity index (χ1n) is 6.23. The van der Waals surface area contributed by atoms with Gasteiger partial charge in [0, 0.05) is 18.2 Å². The van der Waals surface area contributed by atoms with Crippen LogP contribution in [0.3, 0.4) is 0 Å². The van der Waals surface area contributed by atoms with E-state index < -0.39 is 23.6 Å². The summed E-state index contributed by atoms with van der Waals surface area (Å²) < 4.78 is 6.96. The van der Waals surface area contributed by atoms with E-state index >= 15 is 0 Å². The zero-order valence-electron chi connectivity index (χ0n) is 10.5. The molecule has 0 aliphatic carbocycles. The molecular formula is C12H18N2O4. The highest BCUT2D eigenvalue weighted by Gasteiger charge is 2.42. The van der Waals surface area contributed by atoms with Crippen molar-refractivity contribution in [3.05, 3.63) is 33.1 Å². The largest absolute Gasteiger partial charge is 0.388 e. The second-order valence-electron chi connectivity index (χ2n) is 4.55. The Kier molecular flexibility index (Phi) is 3.68. The van der Waals surface area contributed by atoms with E-state index in [1.54, 1.807) is 0 Å². The van der Waals surface area contributed by atoms with Crippen LogP contribution in [0.25, 0.3) is 0 Å². The molecule has 0 radical (unpaired) electrons. The fourth-order valence-electron chi connectivity index (χ4n) is 2.55.